The fraction of sp³-hybridized carbons (Fsp3) is 0.474. The number of hydrazine groups is 1. The van der Waals surface area contributed by atoms with Crippen molar-refractivity contribution in [3.8, 4) is 5.75 Å². The summed E-state index contributed by atoms with van der Waals surface area (Å²) in [6.45, 7) is 3.45. The molecular weight excluding hydrogens is 412 g/mol. The number of aryl methyl sites for hydroxylation is 2. The highest BCUT2D eigenvalue weighted by Crippen LogP contribution is 2.23. The van der Waals surface area contributed by atoms with Gasteiger partial charge in [0.15, 0.2) is 16.4 Å². The van der Waals surface area contributed by atoms with Crippen LogP contribution < -0.4 is 15.6 Å². The fourth-order valence-corrected chi connectivity index (χ4v) is 5.08. The molecule has 3 rings (SSSR count). The predicted molar refractivity (Wildman–Crippen MR) is 108 cm³/mol. The largest absolute Gasteiger partial charge is 0.483 e. The number of nitrogens with one attached hydrogen (secondary N) is 2. The zero-order valence-corrected chi connectivity index (χ0v) is 17.6. The van der Waals surface area contributed by atoms with Crippen LogP contribution in [0.1, 0.15) is 30.4 Å². The van der Waals surface area contributed by atoms with Crippen molar-refractivity contribution in [1.29, 1.82) is 0 Å². The Morgan fingerprint density at radius 2 is 1.90 bits per heavy atom. The molecule has 0 aliphatic carbocycles. The average molecular weight is 436 g/mol. The molecule has 1 aromatic carbocycles. The lowest BCUT2D eigenvalue weighted by molar-refractivity contribution is -0.134. The second-order valence-corrected chi connectivity index (χ2v) is 9.58. The maximum atomic E-state index is 12.3. The predicted octanol–water partition coefficient (Wildman–Crippen LogP) is -0.00486. The third-order valence-corrected chi connectivity index (χ3v) is 6.70. The summed E-state index contributed by atoms with van der Waals surface area (Å²) >= 11 is 0. The maximum absolute atomic E-state index is 12.3. The standard InChI is InChI=1S/C19H24N4O6S/c1-12-4-3-5-13(2)18(12)29-10-16(24)20-21-19(26)15-6-7-17(25)23(22-15)14-8-9-30(27,28)11-14/h3-5,14H,6-11H2,1-2H3,(H,20,24)(H,21,26)/t14-/m1/s1. The summed E-state index contributed by atoms with van der Waals surface area (Å²) < 4.78 is 28.9. The van der Waals surface area contributed by atoms with Gasteiger partial charge in [-0.15, -0.1) is 0 Å². The van der Waals surface area contributed by atoms with Crippen molar-refractivity contribution in [1.82, 2.24) is 15.9 Å². The lowest BCUT2D eigenvalue weighted by atomic mass is 10.1. The topological polar surface area (TPSA) is 134 Å². The van der Waals surface area contributed by atoms with Gasteiger partial charge in [0.2, 0.25) is 5.91 Å². The SMILES string of the molecule is Cc1cccc(C)c1OCC(=O)NNC(=O)C1=NN([C@@H]2CCS(=O)(=O)C2)C(=O)CC1. The summed E-state index contributed by atoms with van der Waals surface area (Å²) in [5.74, 6) is -1.10. The van der Waals surface area contributed by atoms with Gasteiger partial charge >= 0.3 is 0 Å². The number of hydrazone groups is 1. The smallest absolute Gasteiger partial charge is 0.285 e. The Hall–Kier alpha value is -2.95. The van der Waals surface area contributed by atoms with Crippen LogP contribution in [0.2, 0.25) is 0 Å². The van der Waals surface area contributed by atoms with Crippen LogP contribution >= 0.6 is 0 Å². The van der Waals surface area contributed by atoms with E-state index in [1.165, 1.54) is 0 Å². The van der Waals surface area contributed by atoms with E-state index < -0.39 is 27.7 Å². The van der Waals surface area contributed by atoms with Gasteiger partial charge in [-0.2, -0.15) is 5.10 Å². The van der Waals surface area contributed by atoms with Gasteiger partial charge in [-0.1, -0.05) is 18.2 Å². The van der Waals surface area contributed by atoms with Gasteiger partial charge in [-0.05, 0) is 31.4 Å². The quantitative estimate of drug-likeness (QED) is 0.624. The van der Waals surface area contributed by atoms with Gasteiger partial charge in [0, 0.05) is 12.8 Å². The second kappa shape index (κ2) is 8.82. The monoisotopic (exact) mass is 436 g/mol. The van der Waals surface area contributed by atoms with E-state index >= 15 is 0 Å². The van der Waals surface area contributed by atoms with Crippen LogP contribution in [0, 0.1) is 13.8 Å². The molecule has 2 aliphatic rings. The molecule has 2 aliphatic heterocycles. The Bertz CT molecular complexity index is 984. The van der Waals surface area contributed by atoms with Crippen molar-refractivity contribution in [2.45, 2.75) is 39.2 Å². The highest BCUT2D eigenvalue weighted by Gasteiger charge is 2.37. The number of para-hydroxylation sites is 1. The molecule has 1 fully saturated rings. The van der Waals surface area contributed by atoms with Gasteiger partial charge < -0.3 is 4.74 Å². The van der Waals surface area contributed by atoms with E-state index in [9.17, 15) is 22.8 Å². The number of carbonyl (C=O) groups excluding carboxylic acids is 3. The summed E-state index contributed by atoms with van der Waals surface area (Å²) in [5.41, 5.74) is 6.34. The van der Waals surface area contributed by atoms with E-state index in [4.69, 9.17) is 4.74 Å². The summed E-state index contributed by atoms with van der Waals surface area (Å²) in [6.07, 6.45) is 0.445. The number of rotatable bonds is 5. The molecule has 0 spiro atoms. The van der Waals surface area contributed by atoms with Crippen molar-refractivity contribution in [3.63, 3.8) is 0 Å². The first kappa shape index (κ1) is 21.8. The molecule has 3 amide bonds. The lowest BCUT2D eigenvalue weighted by Gasteiger charge is -2.27. The molecule has 2 N–H and O–H groups in total. The number of carbonyl (C=O) groups is 3. The highest BCUT2D eigenvalue weighted by molar-refractivity contribution is 7.91. The van der Waals surface area contributed by atoms with E-state index in [0.29, 0.717) is 12.2 Å². The minimum absolute atomic E-state index is 0.00504. The third kappa shape index (κ3) is 5.15. The molecule has 2 heterocycles. The first-order valence-corrected chi connectivity index (χ1v) is 11.4. The fourth-order valence-electron chi connectivity index (χ4n) is 3.39. The number of sulfone groups is 1. The van der Waals surface area contributed by atoms with Gasteiger partial charge in [-0.3, -0.25) is 25.2 Å². The zero-order valence-electron chi connectivity index (χ0n) is 16.8. The summed E-state index contributed by atoms with van der Waals surface area (Å²) in [6, 6.07) is 5.06. The molecule has 10 nitrogen and oxygen atoms in total. The molecule has 0 radical (unpaired) electrons. The van der Waals surface area contributed by atoms with Gasteiger partial charge in [0.25, 0.3) is 11.8 Å². The number of nitrogens with zero attached hydrogens (tertiary/aromatic N) is 2. The summed E-state index contributed by atoms with van der Waals surface area (Å²) in [7, 11) is -3.20. The molecule has 30 heavy (non-hydrogen) atoms. The number of amides is 3. The third-order valence-electron chi connectivity index (χ3n) is 4.95. The first-order valence-electron chi connectivity index (χ1n) is 9.54. The Labute approximate surface area is 174 Å². The van der Waals surface area contributed by atoms with Gasteiger partial charge in [-0.25, -0.2) is 13.4 Å². The van der Waals surface area contributed by atoms with E-state index in [2.05, 4.69) is 16.0 Å². The van der Waals surface area contributed by atoms with Crippen molar-refractivity contribution in [2.75, 3.05) is 18.1 Å². The molecule has 1 saturated heterocycles. The molecule has 1 aromatic rings. The Morgan fingerprint density at radius 1 is 1.20 bits per heavy atom. The van der Waals surface area contributed by atoms with Crippen molar-refractivity contribution in [2.24, 2.45) is 5.10 Å². The molecule has 0 aromatic heterocycles. The molecule has 0 saturated carbocycles. The molecule has 0 unspecified atom stereocenters. The normalized spacial score (nSPS) is 20.5. The lowest BCUT2D eigenvalue weighted by Crippen LogP contribution is -2.49. The van der Waals surface area contributed by atoms with Crippen LogP contribution in [-0.4, -0.2) is 61.0 Å². The minimum atomic E-state index is -3.20. The summed E-state index contributed by atoms with van der Waals surface area (Å²) in [5, 5.41) is 5.14. The maximum Gasteiger partial charge on any atom is 0.285 e. The first-order chi connectivity index (χ1) is 14.2. The molecule has 11 heteroatoms. The average Bonchev–Trinajstić information content (AvgIpc) is 3.05. The highest BCUT2D eigenvalue weighted by atomic mass is 32.2. The number of hydrogen-bond acceptors (Lipinski definition) is 7. The van der Waals surface area contributed by atoms with E-state index in [1.54, 1.807) is 0 Å². The molecule has 0 bridgehead atoms. The van der Waals surface area contributed by atoms with E-state index in [-0.39, 0.29) is 42.6 Å². The van der Waals surface area contributed by atoms with Crippen LogP contribution in [-0.2, 0) is 24.2 Å². The van der Waals surface area contributed by atoms with Crippen molar-refractivity contribution in [3.05, 3.63) is 29.3 Å². The molecule has 1 atom stereocenters. The number of ether oxygens (including phenoxy) is 1. The van der Waals surface area contributed by atoms with E-state index in [0.717, 1.165) is 16.1 Å². The van der Waals surface area contributed by atoms with Crippen LogP contribution in [0.5, 0.6) is 5.75 Å². The van der Waals surface area contributed by atoms with Crippen LogP contribution in [0.15, 0.2) is 23.3 Å². The minimum Gasteiger partial charge on any atom is -0.483 e. The molecular formula is C19H24N4O6S. The number of hydrogen-bond donors (Lipinski definition) is 2. The van der Waals surface area contributed by atoms with E-state index in [1.807, 2.05) is 32.0 Å². The van der Waals surface area contributed by atoms with Crippen LogP contribution in [0.4, 0.5) is 0 Å². The second-order valence-electron chi connectivity index (χ2n) is 7.35. The Morgan fingerprint density at radius 3 is 2.53 bits per heavy atom. The van der Waals surface area contributed by atoms with Crippen molar-refractivity contribution < 1.29 is 27.5 Å². The Balaban J connectivity index is 1.54. The zero-order chi connectivity index (χ0) is 21.9. The Kier molecular flexibility index (Phi) is 6.40. The number of benzene rings is 1. The van der Waals surface area contributed by atoms with Crippen molar-refractivity contribution >= 4 is 33.3 Å². The van der Waals surface area contributed by atoms with Crippen LogP contribution in [0.25, 0.3) is 0 Å². The summed E-state index contributed by atoms with van der Waals surface area (Å²) in [4.78, 5) is 36.4. The van der Waals surface area contributed by atoms with Gasteiger partial charge in [0.05, 0.1) is 17.5 Å². The van der Waals surface area contributed by atoms with Gasteiger partial charge in [0.1, 0.15) is 11.5 Å². The van der Waals surface area contributed by atoms with Crippen LogP contribution in [0.3, 0.4) is 0 Å². The molecule has 162 valence electrons.